The fourth-order valence-corrected chi connectivity index (χ4v) is 2.85. The van der Waals surface area contributed by atoms with Gasteiger partial charge in [0.1, 0.15) is 0 Å². The summed E-state index contributed by atoms with van der Waals surface area (Å²) in [5, 5.41) is 2.98. The third-order valence-electron chi connectivity index (χ3n) is 4.40. The van der Waals surface area contributed by atoms with Crippen molar-refractivity contribution >= 4 is 11.7 Å². The molecule has 0 aromatic heterocycles. The van der Waals surface area contributed by atoms with Gasteiger partial charge in [-0.25, -0.2) is 4.79 Å². The SMILES string of the molecule is CCC1CCCN(C(=O)Nc2ccc(C(C)N)cc2)CC1. The third-order valence-corrected chi connectivity index (χ3v) is 4.40. The van der Waals surface area contributed by atoms with E-state index in [0.29, 0.717) is 0 Å². The Kier molecular flexibility index (Phi) is 5.62. The topological polar surface area (TPSA) is 58.4 Å². The van der Waals surface area contributed by atoms with Crippen LogP contribution < -0.4 is 11.1 Å². The molecule has 0 saturated carbocycles. The van der Waals surface area contributed by atoms with Crippen LogP contribution in [0.15, 0.2) is 24.3 Å². The van der Waals surface area contributed by atoms with E-state index in [0.717, 1.165) is 43.1 Å². The van der Waals surface area contributed by atoms with Crippen molar-refractivity contribution in [2.75, 3.05) is 18.4 Å². The Bertz CT molecular complexity index is 456. The molecule has 2 unspecified atom stereocenters. The Balaban J connectivity index is 1.91. The predicted molar refractivity (Wildman–Crippen MR) is 87.3 cm³/mol. The van der Waals surface area contributed by atoms with Gasteiger partial charge in [-0.05, 0) is 49.8 Å². The Morgan fingerprint density at radius 3 is 2.67 bits per heavy atom. The summed E-state index contributed by atoms with van der Waals surface area (Å²) in [7, 11) is 0. The van der Waals surface area contributed by atoms with Crippen LogP contribution in [0.25, 0.3) is 0 Å². The number of hydrogen-bond donors (Lipinski definition) is 2. The summed E-state index contributed by atoms with van der Waals surface area (Å²) in [6.45, 7) is 5.91. The molecule has 1 heterocycles. The summed E-state index contributed by atoms with van der Waals surface area (Å²) >= 11 is 0. The number of nitrogens with one attached hydrogen (secondary N) is 1. The van der Waals surface area contributed by atoms with Gasteiger partial charge in [0.2, 0.25) is 0 Å². The maximum absolute atomic E-state index is 12.3. The molecule has 1 aromatic rings. The zero-order valence-corrected chi connectivity index (χ0v) is 13.1. The van der Waals surface area contributed by atoms with E-state index in [9.17, 15) is 4.79 Å². The van der Waals surface area contributed by atoms with Gasteiger partial charge >= 0.3 is 6.03 Å². The molecule has 0 aliphatic carbocycles. The van der Waals surface area contributed by atoms with Crippen LogP contribution in [-0.2, 0) is 0 Å². The first kappa shape index (κ1) is 15.8. The number of rotatable bonds is 3. The zero-order valence-electron chi connectivity index (χ0n) is 13.1. The van der Waals surface area contributed by atoms with E-state index < -0.39 is 0 Å². The van der Waals surface area contributed by atoms with Gasteiger partial charge in [0.25, 0.3) is 0 Å². The predicted octanol–water partition coefficient (Wildman–Crippen LogP) is 3.75. The molecule has 0 bridgehead atoms. The van der Waals surface area contributed by atoms with Crippen molar-refractivity contribution in [2.45, 2.75) is 45.6 Å². The van der Waals surface area contributed by atoms with Crippen LogP contribution in [0, 0.1) is 5.92 Å². The van der Waals surface area contributed by atoms with Gasteiger partial charge in [-0.15, -0.1) is 0 Å². The smallest absolute Gasteiger partial charge is 0.321 e. The van der Waals surface area contributed by atoms with Crippen LogP contribution in [0.2, 0.25) is 0 Å². The number of carbonyl (C=O) groups excluding carboxylic acids is 1. The molecular formula is C17H27N3O. The van der Waals surface area contributed by atoms with E-state index in [1.165, 1.54) is 12.8 Å². The highest BCUT2D eigenvalue weighted by atomic mass is 16.2. The number of nitrogens with two attached hydrogens (primary N) is 1. The number of hydrogen-bond acceptors (Lipinski definition) is 2. The van der Waals surface area contributed by atoms with Crippen molar-refractivity contribution in [1.82, 2.24) is 4.90 Å². The molecule has 2 rings (SSSR count). The average molecular weight is 289 g/mol. The fourth-order valence-electron chi connectivity index (χ4n) is 2.85. The normalized spacial score (nSPS) is 20.7. The second kappa shape index (κ2) is 7.46. The van der Waals surface area contributed by atoms with Gasteiger partial charge in [0, 0.05) is 24.8 Å². The lowest BCUT2D eigenvalue weighted by atomic mass is 9.98. The van der Waals surface area contributed by atoms with Crippen LogP contribution in [0.4, 0.5) is 10.5 Å². The van der Waals surface area contributed by atoms with Gasteiger partial charge < -0.3 is 16.0 Å². The number of benzene rings is 1. The van der Waals surface area contributed by atoms with E-state index in [-0.39, 0.29) is 12.1 Å². The van der Waals surface area contributed by atoms with Crippen molar-refractivity contribution in [2.24, 2.45) is 11.7 Å². The number of likely N-dealkylation sites (tertiary alicyclic amines) is 1. The molecule has 1 aromatic carbocycles. The van der Waals surface area contributed by atoms with Gasteiger partial charge in [-0.2, -0.15) is 0 Å². The Morgan fingerprint density at radius 1 is 1.33 bits per heavy atom. The number of carbonyl (C=O) groups is 1. The maximum atomic E-state index is 12.3. The van der Waals surface area contributed by atoms with Crippen molar-refractivity contribution in [1.29, 1.82) is 0 Å². The third kappa shape index (κ3) is 4.46. The van der Waals surface area contributed by atoms with Gasteiger partial charge in [0.05, 0.1) is 0 Å². The monoisotopic (exact) mass is 289 g/mol. The number of anilines is 1. The highest BCUT2D eigenvalue weighted by Crippen LogP contribution is 2.21. The molecular weight excluding hydrogens is 262 g/mol. The average Bonchev–Trinajstić information content (AvgIpc) is 2.73. The van der Waals surface area contributed by atoms with Crippen molar-refractivity contribution in [3.63, 3.8) is 0 Å². The Hall–Kier alpha value is -1.55. The van der Waals surface area contributed by atoms with E-state index in [4.69, 9.17) is 5.73 Å². The molecule has 1 fully saturated rings. The van der Waals surface area contributed by atoms with Gasteiger partial charge in [-0.3, -0.25) is 0 Å². The van der Waals surface area contributed by atoms with Crippen LogP contribution in [0.1, 0.15) is 51.1 Å². The zero-order chi connectivity index (χ0) is 15.2. The molecule has 1 aliphatic rings. The second-order valence-corrected chi connectivity index (χ2v) is 6.03. The van der Waals surface area contributed by atoms with E-state index >= 15 is 0 Å². The van der Waals surface area contributed by atoms with Crippen LogP contribution in [0.5, 0.6) is 0 Å². The Labute approximate surface area is 127 Å². The standard InChI is InChI=1S/C17H27N3O/c1-3-14-5-4-11-20(12-10-14)17(21)19-16-8-6-15(7-9-16)13(2)18/h6-9,13-14H,3-5,10-12,18H2,1-2H3,(H,19,21). The minimum absolute atomic E-state index is 0.0142. The minimum atomic E-state index is 0.0142. The van der Waals surface area contributed by atoms with Crippen LogP contribution >= 0.6 is 0 Å². The number of nitrogens with zero attached hydrogens (tertiary/aromatic N) is 1. The van der Waals surface area contributed by atoms with Crippen molar-refractivity contribution in [3.8, 4) is 0 Å². The first-order chi connectivity index (χ1) is 10.1. The Morgan fingerprint density at radius 2 is 2.05 bits per heavy atom. The highest BCUT2D eigenvalue weighted by Gasteiger charge is 2.19. The molecule has 1 saturated heterocycles. The molecule has 0 radical (unpaired) electrons. The summed E-state index contributed by atoms with van der Waals surface area (Å²) in [5.41, 5.74) is 7.74. The van der Waals surface area contributed by atoms with Gasteiger partial charge in [0.15, 0.2) is 0 Å². The summed E-state index contributed by atoms with van der Waals surface area (Å²) in [5.74, 6) is 0.771. The minimum Gasteiger partial charge on any atom is -0.325 e. The lowest BCUT2D eigenvalue weighted by Gasteiger charge is -2.21. The summed E-state index contributed by atoms with van der Waals surface area (Å²) in [6.07, 6.45) is 4.68. The number of urea groups is 1. The quantitative estimate of drug-likeness (QED) is 0.890. The van der Waals surface area contributed by atoms with Gasteiger partial charge in [-0.1, -0.05) is 25.5 Å². The first-order valence-electron chi connectivity index (χ1n) is 8.01. The largest absolute Gasteiger partial charge is 0.325 e. The van der Waals surface area contributed by atoms with E-state index in [2.05, 4.69) is 12.2 Å². The van der Waals surface area contributed by atoms with Crippen molar-refractivity contribution in [3.05, 3.63) is 29.8 Å². The summed E-state index contributed by atoms with van der Waals surface area (Å²) < 4.78 is 0. The first-order valence-corrected chi connectivity index (χ1v) is 8.01. The van der Waals surface area contributed by atoms with E-state index in [1.54, 1.807) is 0 Å². The fraction of sp³-hybridized carbons (Fsp3) is 0.588. The summed E-state index contributed by atoms with van der Waals surface area (Å²) in [4.78, 5) is 14.3. The molecule has 2 amide bonds. The molecule has 3 N–H and O–H groups in total. The molecule has 4 heteroatoms. The van der Waals surface area contributed by atoms with E-state index in [1.807, 2.05) is 36.1 Å². The molecule has 2 atom stereocenters. The lowest BCUT2D eigenvalue weighted by Crippen LogP contribution is -2.35. The second-order valence-electron chi connectivity index (χ2n) is 6.03. The lowest BCUT2D eigenvalue weighted by molar-refractivity contribution is 0.213. The number of amides is 2. The maximum Gasteiger partial charge on any atom is 0.321 e. The van der Waals surface area contributed by atoms with Crippen LogP contribution in [0.3, 0.4) is 0 Å². The molecule has 21 heavy (non-hydrogen) atoms. The summed E-state index contributed by atoms with van der Waals surface area (Å²) in [6, 6.07) is 7.81. The molecule has 0 spiro atoms. The van der Waals surface area contributed by atoms with Crippen LogP contribution in [-0.4, -0.2) is 24.0 Å². The molecule has 116 valence electrons. The van der Waals surface area contributed by atoms with Crippen molar-refractivity contribution < 1.29 is 4.79 Å². The molecule has 1 aliphatic heterocycles. The highest BCUT2D eigenvalue weighted by molar-refractivity contribution is 5.89. The molecule has 4 nitrogen and oxygen atoms in total.